The fraction of sp³-hybridized carbons (Fsp3) is 0.333. The average molecular weight is 377 g/mol. The third-order valence-corrected chi connectivity index (χ3v) is 5.05. The predicted octanol–water partition coefficient (Wildman–Crippen LogP) is 3.22. The van der Waals surface area contributed by atoms with Gasteiger partial charge in [0.05, 0.1) is 5.92 Å². The number of hydrogen-bond donors (Lipinski definition) is 0. The normalized spacial score (nSPS) is 16.8. The number of aromatic nitrogens is 3. The number of nitrogens with zero attached hydrogens (tertiary/aromatic N) is 5. The fourth-order valence-electron chi connectivity index (χ4n) is 3.46. The largest absolute Gasteiger partial charge is 0.378 e. The first-order valence-corrected chi connectivity index (χ1v) is 9.42. The van der Waals surface area contributed by atoms with Crippen LogP contribution < -0.4 is 4.90 Å². The van der Waals surface area contributed by atoms with E-state index in [2.05, 4.69) is 15.1 Å². The molecule has 1 saturated heterocycles. The van der Waals surface area contributed by atoms with Crippen molar-refractivity contribution in [3.8, 4) is 11.4 Å². The Bertz CT molecular complexity index is 937. The van der Waals surface area contributed by atoms with Crippen LogP contribution in [0.5, 0.6) is 0 Å². The third kappa shape index (κ3) is 3.74. The topological polar surface area (TPSA) is 75.4 Å². The van der Waals surface area contributed by atoms with Crippen molar-refractivity contribution < 1.29 is 9.32 Å². The molecule has 4 rings (SSSR count). The Hall–Kier alpha value is -3.22. The van der Waals surface area contributed by atoms with Crippen molar-refractivity contribution in [3.63, 3.8) is 0 Å². The summed E-state index contributed by atoms with van der Waals surface area (Å²) in [5.74, 6) is 1.21. The number of hydrogen-bond acceptors (Lipinski definition) is 6. The van der Waals surface area contributed by atoms with Gasteiger partial charge in [-0.2, -0.15) is 4.98 Å². The lowest BCUT2D eigenvalue weighted by Gasteiger charge is -2.31. The standard InChI is InChI=1S/C21H23N5O2/c1-25(2)18-9-7-15(8-10-18)21(27)26-12-4-6-17(14-26)20-23-19(24-28-20)16-5-3-11-22-13-16/h3,5,7-11,13,17H,4,6,12,14H2,1-2H3. The van der Waals surface area contributed by atoms with Crippen LogP contribution >= 0.6 is 0 Å². The Labute approximate surface area is 164 Å². The van der Waals surface area contributed by atoms with E-state index >= 15 is 0 Å². The summed E-state index contributed by atoms with van der Waals surface area (Å²) in [6, 6.07) is 11.4. The van der Waals surface area contributed by atoms with Crippen molar-refractivity contribution in [2.75, 3.05) is 32.1 Å². The number of anilines is 1. The second-order valence-corrected chi connectivity index (χ2v) is 7.23. The summed E-state index contributed by atoms with van der Waals surface area (Å²) in [7, 11) is 3.96. The summed E-state index contributed by atoms with van der Waals surface area (Å²) in [5, 5.41) is 4.08. The fourth-order valence-corrected chi connectivity index (χ4v) is 3.46. The maximum atomic E-state index is 12.9. The maximum absolute atomic E-state index is 12.9. The molecule has 1 amide bonds. The van der Waals surface area contributed by atoms with E-state index in [-0.39, 0.29) is 11.8 Å². The van der Waals surface area contributed by atoms with E-state index in [0.717, 1.165) is 30.6 Å². The lowest BCUT2D eigenvalue weighted by atomic mass is 9.97. The molecule has 144 valence electrons. The lowest BCUT2D eigenvalue weighted by molar-refractivity contribution is 0.0695. The van der Waals surface area contributed by atoms with Gasteiger partial charge in [0.25, 0.3) is 5.91 Å². The van der Waals surface area contributed by atoms with Crippen LogP contribution in [0.25, 0.3) is 11.4 Å². The third-order valence-electron chi connectivity index (χ3n) is 5.05. The number of amides is 1. The van der Waals surface area contributed by atoms with E-state index in [1.54, 1.807) is 12.4 Å². The van der Waals surface area contributed by atoms with E-state index in [1.807, 2.05) is 60.3 Å². The molecule has 1 fully saturated rings. The van der Waals surface area contributed by atoms with Crippen LogP contribution in [0, 0.1) is 0 Å². The molecular formula is C21H23N5O2. The van der Waals surface area contributed by atoms with Crippen LogP contribution in [-0.2, 0) is 0 Å². The summed E-state index contributed by atoms with van der Waals surface area (Å²) in [5.41, 5.74) is 2.59. The quantitative estimate of drug-likeness (QED) is 0.695. The van der Waals surface area contributed by atoms with Gasteiger partial charge < -0.3 is 14.3 Å². The molecule has 1 aliphatic rings. The predicted molar refractivity (Wildman–Crippen MR) is 106 cm³/mol. The molecule has 2 aromatic heterocycles. The molecule has 1 aliphatic heterocycles. The molecule has 1 unspecified atom stereocenters. The molecule has 1 atom stereocenters. The van der Waals surface area contributed by atoms with Gasteiger partial charge in [0.15, 0.2) is 0 Å². The number of piperidine rings is 1. The maximum Gasteiger partial charge on any atom is 0.253 e. The highest BCUT2D eigenvalue weighted by Gasteiger charge is 2.29. The number of carbonyl (C=O) groups is 1. The average Bonchev–Trinajstić information content (AvgIpc) is 3.24. The minimum atomic E-state index is 0.0435. The van der Waals surface area contributed by atoms with Crippen LogP contribution in [0.4, 0.5) is 5.69 Å². The van der Waals surface area contributed by atoms with Gasteiger partial charge in [0.1, 0.15) is 0 Å². The van der Waals surface area contributed by atoms with E-state index in [4.69, 9.17) is 4.52 Å². The minimum absolute atomic E-state index is 0.0435. The van der Waals surface area contributed by atoms with Gasteiger partial charge in [0, 0.05) is 56.4 Å². The molecule has 3 aromatic rings. The van der Waals surface area contributed by atoms with Crippen molar-refractivity contribution >= 4 is 11.6 Å². The van der Waals surface area contributed by atoms with Gasteiger partial charge in [-0.3, -0.25) is 9.78 Å². The van der Waals surface area contributed by atoms with Crippen molar-refractivity contribution in [2.45, 2.75) is 18.8 Å². The molecule has 0 spiro atoms. The monoisotopic (exact) mass is 377 g/mol. The van der Waals surface area contributed by atoms with Gasteiger partial charge >= 0.3 is 0 Å². The lowest BCUT2D eigenvalue weighted by Crippen LogP contribution is -2.39. The first-order chi connectivity index (χ1) is 13.6. The number of rotatable bonds is 4. The van der Waals surface area contributed by atoms with Crippen LogP contribution in [0.3, 0.4) is 0 Å². The van der Waals surface area contributed by atoms with Crippen molar-refractivity contribution in [1.82, 2.24) is 20.0 Å². The molecule has 0 aliphatic carbocycles. The van der Waals surface area contributed by atoms with Crippen molar-refractivity contribution in [1.29, 1.82) is 0 Å². The Morgan fingerprint density at radius 2 is 2.04 bits per heavy atom. The summed E-state index contributed by atoms with van der Waals surface area (Å²) in [6.45, 7) is 1.33. The van der Waals surface area contributed by atoms with Crippen LogP contribution in [-0.4, -0.2) is 53.1 Å². The molecule has 28 heavy (non-hydrogen) atoms. The second-order valence-electron chi connectivity index (χ2n) is 7.23. The molecule has 1 aromatic carbocycles. The molecule has 0 saturated carbocycles. The van der Waals surface area contributed by atoms with Gasteiger partial charge in [-0.05, 0) is 49.2 Å². The minimum Gasteiger partial charge on any atom is -0.378 e. The van der Waals surface area contributed by atoms with Gasteiger partial charge in [-0.1, -0.05) is 5.16 Å². The molecule has 0 radical (unpaired) electrons. The molecule has 3 heterocycles. The molecule has 0 N–H and O–H groups in total. The van der Waals surface area contributed by atoms with Crippen LogP contribution in [0.1, 0.15) is 35.0 Å². The van der Waals surface area contributed by atoms with Crippen LogP contribution in [0.15, 0.2) is 53.3 Å². The molecule has 0 bridgehead atoms. The van der Waals surface area contributed by atoms with E-state index in [1.165, 1.54) is 0 Å². The van der Waals surface area contributed by atoms with Gasteiger partial charge in [-0.15, -0.1) is 0 Å². The summed E-state index contributed by atoms with van der Waals surface area (Å²) >= 11 is 0. The van der Waals surface area contributed by atoms with Crippen LogP contribution in [0.2, 0.25) is 0 Å². The highest BCUT2D eigenvalue weighted by Crippen LogP contribution is 2.28. The zero-order valence-corrected chi connectivity index (χ0v) is 16.1. The Balaban J connectivity index is 1.47. The van der Waals surface area contributed by atoms with Gasteiger partial charge in [0.2, 0.25) is 11.7 Å². The van der Waals surface area contributed by atoms with Crippen molar-refractivity contribution in [2.24, 2.45) is 0 Å². The first kappa shape index (κ1) is 18.2. The SMILES string of the molecule is CN(C)c1ccc(C(=O)N2CCCC(c3nc(-c4cccnc4)no3)C2)cc1. The summed E-state index contributed by atoms with van der Waals surface area (Å²) in [4.78, 5) is 25.4. The molecule has 7 heteroatoms. The molecular weight excluding hydrogens is 354 g/mol. The highest BCUT2D eigenvalue weighted by molar-refractivity contribution is 5.94. The van der Waals surface area contributed by atoms with E-state index < -0.39 is 0 Å². The zero-order valence-electron chi connectivity index (χ0n) is 16.1. The Morgan fingerprint density at radius 1 is 1.21 bits per heavy atom. The second kappa shape index (κ2) is 7.80. The number of carbonyl (C=O) groups excluding carboxylic acids is 1. The van der Waals surface area contributed by atoms with E-state index in [0.29, 0.717) is 23.8 Å². The van der Waals surface area contributed by atoms with Gasteiger partial charge in [-0.25, -0.2) is 0 Å². The highest BCUT2D eigenvalue weighted by atomic mass is 16.5. The summed E-state index contributed by atoms with van der Waals surface area (Å²) in [6.07, 6.45) is 5.26. The number of pyridine rings is 1. The zero-order chi connectivity index (χ0) is 19.5. The van der Waals surface area contributed by atoms with Crippen molar-refractivity contribution in [3.05, 3.63) is 60.2 Å². The number of benzene rings is 1. The number of likely N-dealkylation sites (tertiary alicyclic amines) is 1. The van der Waals surface area contributed by atoms with E-state index in [9.17, 15) is 4.79 Å². The smallest absolute Gasteiger partial charge is 0.253 e. The molecule has 7 nitrogen and oxygen atoms in total. The Morgan fingerprint density at radius 3 is 2.75 bits per heavy atom. The summed E-state index contributed by atoms with van der Waals surface area (Å²) < 4.78 is 5.50. The Kier molecular flexibility index (Phi) is 5.06. The first-order valence-electron chi connectivity index (χ1n) is 9.42.